The van der Waals surface area contributed by atoms with Crippen LogP contribution in [0.15, 0.2) is 83.8 Å². The second-order valence-corrected chi connectivity index (χ2v) is 12.5. The molecular weight excluding hydrogens is 526 g/mol. The fourth-order valence-electron chi connectivity index (χ4n) is 4.20. The van der Waals surface area contributed by atoms with E-state index in [1.165, 1.54) is 17.0 Å². The van der Waals surface area contributed by atoms with Gasteiger partial charge in [0, 0.05) is 12.1 Å². The van der Waals surface area contributed by atoms with Crippen LogP contribution in [0.3, 0.4) is 0 Å². The van der Waals surface area contributed by atoms with Crippen molar-refractivity contribution in [3.8, 4) is 5.75 Å². The number of carbonyl (C=O) groups is 2. The number of benzene rings is 3. The zero-order chi connectivity index (χ0) is 29.5. The third-order valence-electron chi connectivity index (χ3n) is 6.31. The van der Waals surface area contributed by atoms with Gasteiger partial charge in [-0.1, -0.05) is 54.6 Å². The van der Waals surface area contributed by atoms with Gasteiger partial charge in [-0.05, 0) is 76.9 Å². The minimum Gasteiger partial charge on any atom is -0.492 e. The maximum Gasteiger partial charge on any atom is 0.264 e. The number of carbonyl (C=O) groups excluding carboxylic acids is 2. The minimum absolute atomic E-state index is 0.0399. The Hall–Kier alpha value is -3.85. The molecule has 0 radical (unpaired) electrons. The van der Waals surface area contributed by atoms with Gasteiger partial charge in [-0.25, -0.2) is 8.42 Å². The van der Waals surface area contributed by atoms with Crippen LogP contribution in [0.1, 0.15) is 45.7 Å². The zero-order valence-corrected chi connectivity index (χ0v) is 24.9. The molecule has 0 heterocycles. The Morgan fingerprint density at radius 3 is 2.15 bits per heavy atom. The van der Waals surface area contributed by atoms with Gasteiger partial charge >= 0.3 is 0 Å². The fraction of sp³-hybridized carbons (Fsp3) is 0.355. The van der Waals surface area contributed by atoms with E-state index in [1.54, 1.807) is 56.3 Å². The Bertz CT molecular complexity index is 1420. The average molecular weight is 566 g/mol. The largest absolute Gasteiger partial charge is 0.492 e. The van der Waals surface area contributed by atoms with Gasteiger partial charge in [0.25, 0.3) is 10.0 Å². The van der Waals surface area contributed by atoms with Gasteiger partial charge < -0.3 is 15.0 Å². The Labute approximate surface area is 238 Å². The van der Waals surface area contributed by atoms with Gasteiger partial charge in [0.1, 0.15) is 18.3 Å². The van der Waals surface area contributed by atoms with Gasteiger partial charge in [-0.2, -0.15) is 0 Å². The molecule has 0 unspecified atom stereocenters. The van der Waals surface area contributed by atoms with Crippen molar-refractivity contribution >= 4 is 27.5 Å². The first kappa shape index (κ1) is 30.7. The highest BCUT2D eigenvalue weighted by molar-refractivity contribution is 7.92. The molecule has 0 saturated heterocycles. The van der Waals surface area contributed by atoms with E-state index in [1.807, 2.05) is 52.0 Å². The number of amides is 2. The number of anilines is 1. The number of ether oxygens (including phenoxy) is 1. The van der Waals surface area contributed by atoms with Crippen LogP contribution in [0.4, 0.5) is 5.69 Å². The van der Waals surface area contributed by atoms with Gasteiger partial charge in [0.05, 0.1) is 17.2 Å². The predicted molar refractivity (Wildman–Crippen MR) is 158 cm³/mol. The molecule has 0 spiro atoms. The fourth-order valence-corrected chi connectivity index (χ4v) is 5.65. The van der Waals surface area contributed by atoms with Crippen molar-refractivity contribution in [3.05, 3.63) is 90.0 Å². The molecule has 9 heteroatoms. The van der Waals surface area contributed by atoms with Crippen LogP contribution in [0.2, 0.25) is 0 Å². The molecular formula is C31H39N3O5S. The van der Waals surface area contributed by atoms with E-state index in [2.05, 4.69) is 5.32 Å². The maximum atomic E-state index is 14.1. The molecule has 3 aromatic rings. The summed E-state index contributed by atoms with van der Waals surface area (Å²) in [6.45, 7) is 10.9. The highest BCUT2D eigenvalue weighted by Gasteiger charge is 2.34. The Morgan fingerprint density at radius 1 is 0.925 bits per heavy atom. The van der Waals surface area contributed by atoms with Crippen molar-refractivity contribution < 1.29 is 22.7 Å². The molecule has 40 heavy (non-hydrogen) atoms. The molecule has 1 atom stereocenters. The number of hydrogen-bond donors (Lipinski definition) is 1. The van der Waals surface area contributed by atoms with Crippen LogP contribution in [0.25, 0.3) is 0 Å². The summed E-state index contributed by atoms with van der Waals surface area (Å²) in [5, 5.41) is 2.94. The van der Waals surface area contributed by atoms with E-state index in [9.17, 15) is 18.0 Å². The first-order valence-electron chi connectivity index (χ1n) is 13.3. The second kappa shape index (κ2) is 13.0. The molecule has 0 fully saturated rings. The van der Waals surface area contributed by atoms with E-state index in [0.717, 1.165) is 15.4 Å². The Balaban J connectivity index is 2.09. The van der Waals surface area contributed by atoms with Crippen LogP contribution in [-0.4, -0.2) is 49.9 Å². The Kier molecular flexibility index (Phi) is 9.98. The van der Waals surface area contributed by atoms with E-state index in [0.29, 0.717) is 12.4 Å². The lowest BCUT2D eigenvalue weighted by Crippen LogP contribution is -2.54. The van der Waals surface area contributed by atoms with Gasteiger partial charge in [0.2, 0.25) is 11.8 Å². The number of para-hydroxylation sites is 2. The number of sulfonamides is 1. The minimum atomic E-state index is -4.17. The average Bonchev–Trinajstić information content (AvgIpc) is 2.91. The summed E-state index contributed by atoms with van der Waals surface area (Å²) in [6.07, 6.45) is 0. The molecule has 0 bridgehead atoms. The van der Waals surface area contributed by atoms with Crippen LogP contribution < -0.4 is 14.4 Å². The van der Waals surface area contributed by atoms with E-state index in [4.69, 9.17) is 4.74 Å². The van der Waals surface area contributed by atoms with Crippen LogP contribution >= 0.6 is 0 Å². The maximum absolute atomic E-state index is 14.1. The van der Waals surface area contributed by atoms with Crippen molar-refractivity contribution in [1.82, 2.24) is 10.2 Å². The lowest BCUT2D eigenvalue weighted by Gasteiger charge is -2.34. The number of rotatable bonds is 11. The molecule has 1 N–H and O–H groups in total. The normalized spacial score (nSPS) is 12.3. The second-order valence-electron chi connectivity index (χ2n) is 10.6. The van der Waals surface area contributed by atoms with Crippen LogP contribution in [0, 0.1) is 6.92 Å². The molecule has 0 saturated carbocycles. The van der Waals surface area contributed by atoms with E-state index in [-0.39, 0.29) is 23.0 Å². The quantitative estimate of drug-likeness (QED) is 0.356. The van der Waals surface area contributed by atoms with Crippen molar-refractivity contribution in [2.45, 2.75) is 64.6 Å². The predicted octanol–water partition coefficient (Wildman–Crippen LogP) is 4.92. The summed E-state index contributed by atoms with van der Waals surface area (Å²) in [4.78, 5) is 28.8. The SMILES string of the molecule is CCOc1ccccc1N(CC(=O)N(Cc1ccccc1C)[C@@H](C)C(=O)NC(C)(C)C)S(=O)(=O)c1ccccc1. The number of hydrogen-bond acceptors (Lipinski definition) is 5. The zero-order valence-electron chi connectivity index (χ0n) is 24.0. The molecule has 214 valence electrons. The van der Waals surface area contributed by atoms with Crippen molar-refractivity contribution in [1.29, 1.82) is 0 Å². The molecule has 0 aliphatic rings. The summed E-state index contributed by atoms with van der Waals surface area (Å²) >= 11 is 0. The first-order valence-corrected chi connectivity index (χ1v) is 14.7. The molecule has 3 rings (SSSR count). The first-order chi connectivity index (χ1) is 18.8. The van der Waals surface area contributed by atoms with Gasteiger partial charge in [-0.3, -0.25) is 13.9 Å². The number of aryl methyl sites for hydroxylation is 1. The lowest BCUT2D eigenvalue weighted by atomic mass is 10.1. The smallest absolute Gasteiger partial charge is 0.264 e. The standard InChI is InChI=1S/C31H39N3O5S/c1-7-39-28-20-14-13-19-27(28)34(40(37,38)26-17-9-8-10-18-26)22-29(35)33(21-25-16-12-11-15-23(25)2)24(3)30(36)32-31(4,5)6/h8-20,24H,7,21-22H2,1-6H3,(H,32,36)/t24-/m0/s1. The summed E-state index contributed by atoms with van der Waals surface area (Å²) < 4.78 is 34.8. The topological polar surface area (TPSA) is 96.0 Å². The van der Waals surface area contributed by atoms with Gasteiger partial charge in [-0.15, -0.1) is 0 Å². The molecule has 0 aliphatic heterocycles. The number of nitrogens with one attached hydrogen (secondary N) is 1. The van der Waals surface area contributed by atoms with Crippen molar-refractivity contribution in [2.75, 3.05) is 17.5 Å². The highest BCUT2D eigenvalue weighted by Crippen LogP contribution is 2.33. The van der Waals surface area contributed by atoms with Crippen LogP contribution in [0.5, 0.6) is 5.75 Å². The molecule has 0 aliphatic carbocycles. The summed E-state index contributed by atoms with van der Waals surface area (Å²) in [5.41, 5.74) is 1.55. The third-order valence-corrected chi connectivity index (χ3v) is 8.09. The monoisotopic (exact) mass is 565 g/mol. The summed E-state index contributed by atoms with van der Waals surface area (Å²) in [5.74, 6) is -0.520. The summed E-state index contributed by atoms with van der Waals surface area (Å²) in [7, 11) is -4.17. The van der Waals surface area contributed by atoms with Crippen LogP contribution in [-0.2, 0) is 26.2 Å². The van der Waals surface area contributed by atoms with E-state index < -0.39 is 34.1 Å². The molecule has 3 aromatic carbocycles. The Morgan fingerprint density at radius 2 is 1.52 bits per heavy atom. The van der Waals surface area contributed by atoms with E-state index >= 15 is 0 Å². The lowest BCUT2D eigenvalue weighted by molar-refractivity contribution is -0.140. The van der Waals surface area contributed by atoms with Crippen molar-refractivity contribution in [3.63, 3.8) is 0 Å². The van der Waals surface area contributed by atoms with Gasteiger partial charge in [0.15, 0.2) is 0 Å². The number of nitrogens with zero attached hydrogens (tertiary/aromatic N) is 2. The van der Waals surface area contributed by atoms with Crippen molar-refractivity contribution in [2.24, 2.45) is 0 Å². The molecule has 8 nitrogen and oxygen atoms in total. The summed E-state index contributed by atoms with van der Waals surface area (Å²) in [6, 6.07) is 21.4. The molecule has 0 aromatic heterocycles. The third kappa shape index (κ3) is 7.63. The highest BCUT2D eigenvalue weighted by atomic mass is 32.2. The molecule has 2 amide bonds.